The van der Waals surface area contributed by atoms with Crippen LogP contribution >= 0.6 is 0 Å². The Bertz CT molecular complexity index is 409. The molecule has 1 rings (SSSR count). The van der Waals surface area contributed by atoms with E-state index in [1.807, 2.05) is 0 Å². The highest BCUT2D eigenvalue weighted by atomic mass is 19.1. The van der Waals surface area contributed by atoms with Crippen molar-refractivity contribution in [2.75, 3.05) is 6.54 Å². The molecule has 0 aliphatic rings. The quantitative estimate of drug-likeness (QED) is 0.713. The molecule has 1 aromatic rings. The Kier molecular flexibility index (Phi) is 5.06. The van der Waals surface area contributed by atoms with Crippen LogP contribution in [0.25, 0.3) is 0 Å². The van der Waals surface area contributed by atoms with E-state index in [0.29, 0.717) is 25.8 Å². The van der Waals surface area contributed by atoms with Gasteiger partial charge in [0.15, 0.2) is 5.82 Å². The number of nitrogens with one attached hydrogen (secondary N) is 1. The molecule has 0 saturated carbocycles. The monoisotopic (exact) mass is 239 g/mol. The number of hydrogen-bond donors (Lipinski definition) is 2. The Labute approximate surface area is 98.2 Å². The molecule has 0 unspecified atom stereocenters. The normalized spacial score (nSPS) is 9.94. The Morgan fingerprint density at radius 1 is 1.41 bits per heavy atom. The van der Waals surface area contributed by atoms with Crippen molar-refractivity contribution in [2.24, 2.45) is 5.73 Å². The van der Waals surface area contributed by atoms with Crippen LogP contribution in [0.3, 0.4) is 0 Å². The molecule has 0 fully saturated rings. The van der Waals surface area contributed by atoms with Crippen LogP contribution in [-0.2, 0) is 4.79 Å². The van der Waals surface area contributed by atoms with Crippen LogP contribution in [0.1, 0.15) is 29.6 Å². The Morgan fingerprint density at radius 3 is 2.82 bits per heavy atom. The number of primary amides is 1. The van der Waals surface area contributed by atoms with Gasteiger partial charge in [-0.25, -0.2) is 4.39 Å². The average Bonchev–Trinajstić information content (AvgIpc) is 2.28. The Morgan fingerprint density at radius 2 is 2.18 bits per heavy atom. The zero-order valence-corrected chi connectivity index (χ0v) is 9.28. The fourth-order valence-electron chi connectivity index (χ4n) is 1.28. The fraction of sp³-hybridized carbons (Fsp3) is 0.364. The van der Waals surface area contributed by atoms with E-state index >= 15 is 0 Å². The molecule has 0 spiro atoms. The molecule has 0 bridgehead atoms. The first kappa shape index (κ1) is 13.1. The molecular weight excluding hydrogens is 225 g/mol. The van der Waals surface area contributed by atoms with Crippen molar-refractivity contribution in [1.82, 2.24) is 10.3 Å². The van der Waals surface area contributed by atoms with Crippen molar-refractivity contribution in [3.8, 4) is 0 Å². The van der Waals surface area contributed by atoms with Crippen LogP contribution in [-0.4, -0.2) is 23.3 Å². The first-order valence-corrected chi connectivity index (χ1v) is 5.27. The number of carbonyl (C=O) groups is 2. The summed E-state index contributed by atoms with van der Waals surface area (Å²) in [5.41, 5.74) is 4.93. The summed E-state index contributed by atoms with van der Waals surface area (Å²) in [6, 6.07) is 1.31. The van der Waals surface area contributed by atoms with Crippen LogP contribution in [0.4, 0.5) is 4.39 Å². The number of hydrogen-bond acceptors (Lipinski definition) is 3. The molecule has 0 atom stereocenters. The van der Waals surface area contributed by atoms with Gasteiger partial charge in [-0.3, -0.25) is 14.6 Å². The molecule has 1 aromatic heterocycles. The lowest BCUT2D eigenvalue weighted by molar-refractivity contribution is -0.118. The second-order valence-corrected chi connectivity index (χ2v) is 3.53. The Balaban J connectivity index is 2.31. The highest BCUT2D eigenvalue weighted by Gasteiger charge is 2.09. The minimum absolute atomic E-state index is 0.0325. The maximum atomic E-state index is 13.1. The van der Waals surface area contributed by atoms with Gasteiger partial charge in [0.2, 0.25) is 5.91 Å². The molecule has 6 heteroatoms. The lowest BCUT2D eigenvalue weighted by atomic mass is 10.2. The molecule has 1 heterocycles. The number of carbonyl (C=O) groups excluding carboxylic acids is 2. The molecule has 17 heavy (non-hydrogen) atoms. The van der Waals surface area contributed by atoms with Gasteiger partial charge in [0.1, 0.15) is 0 Å². The van der Waals surface area contributed by atoms with E-state index in [4.69, 9.17) is 5.73 Å². The van der Waals surface area contributed by atoms with Gasteiger partial charge < -0.3 is 11.1 Å². The van der Waals surface area contributed by atoms with E-state index in [0.717, 1.165) is 6.20 Å². The van der Waals surface area contributed by atoms with Gasteiger partial charge in [-0.1, -0.05) is 0 Å². The third-order valence-electron chi connectivity index (χ3n) is 2.15. The van der Waals surface area contributed by atoms with Gasteiger partial charge in [-0.15, -0.1) is 0 Å². The van der Waals surface area contributed by atoms with Crippen LogP contribution in [0.15, 0.2) is 18.5 Å². The predicted molar refractivity (Wildman–Crippen MR) is 59.6 cm³/mol. The number of pyridine rings is 1. The molecule has 0 aliphatic heterocycles. The molecule has 0 aliphatic carbocycles. The van der Waals surface area contributed by atoms with E-state index in [1.165, 1.54) is 12.3 Å². The van der Waals surface area contributed by atoms with Crippen molar-refractivity contribution < 1.29 is 14.0 Å². The molecular formula is C11H14FN3O2. The third-order valence-corrected chi connectivity index (χ3v) is 2.15. The van der Waals surface area contributed by atoms with Crippen LogP contribution in [0.5, 0.6) is 0 Å². The summed E-state index contributed by atoms with van der Waals surface area (Å²) in [5.74, 6) is -1.50. The van der Waals surface area contributed by atoms with Crippen molar-refractivity contribution in [3.05, 3.63) is 29.8 Å². The topological polar surface area (TPSA) is 85.1 Å². The van der Waals surface area contributed by atoms with Crippen LogP contribution in [0, 0.1) is 5.82 Å². The molecule has 0 saturated heterocycles. The lowest BCUT2D eigenvalue weighted by Gasteiger charge is -2.05. The van der Waals surface area contributed by atoms with E-state index < -0.39 is 11.7 Å². The maximum absolute atomic E-state index is 13.1. The van der Waals surface area contributed by atoms with Crippen LogP contribution in [0.2, 0.25) is 0 Å². The molecule has 3 N–H and O–H groups in total. The largest absolute Gasteiger partial charge is 0.370 e. The standard InChI is InChI=1S/C11H14FN3O2/c12-9-7-14-6-4-8(9)11(17)15-5-2-1-3-10(13)16/h4,6-7H,1-3,5H2,(H2,13,16)(H,15,17). The predicted octanol–water partition coefficient (Wildman–Crippen LogP) is 0.606. The summed E-state index contributed by atoms with van der Waals surface area (Å²) in [5, 5.41) is 2.55. The highest BCUT2D eigenvalue weighted by Crippen LogP contribution is 2.04. The number of aromatic nitrogens is 1. The summed E-state index contributed by atoms with van der Waals surface area (Å²) in [4.78, 5) is 25.5. The second-order valence-electron chi connectivity index (χ2n) is 3.53. The SMILES string of the molecule is NC(=O)CCCCNC(=O)c1ccncc1F. The fourth-order valence-corrected chi connectivity index (χ4v) is 1.28. The van der Waals surface area contributed by atoms with Crippen molar-refractivity contribution in [2.45, 2.75) is 19.3 Å². The van der Waals surface area contributed by atoms with Gasteiger partial charge in [0.05, 0.1) is 11.8 Å². The van der Waals surface area contributed by atoms with Crippen molar-refractivity contribution >= 4 is 11.8 Å². The number of halogens is 1. The number of amides is 2. The summed E-state index contributed by atoms with van der Waals surface area (Å²) in [7, 11) is 0. The molecule has 0 aromatic carbocycles. The lowest BCUT2D eigenvalue weighted by Crippen LogP contribution is -2.25. The maximum Gasteiger partial charge on any atom is 0.254 e. The van der Waals surface area contributed by atoms with E-state index in [1.54, 1.807) is 0 Å². The van der Waals surface area contributed by atoms with Gasteiger partial charge in [0, 0.05) is 19.2 Å². The van der Waals surface area contributed by atoms with E-state index in [-0.39, 0.29) is 11.5 Å². The van der Waals surface area contributed by atoms with E-state index in [2.05, 4.69) is 10.3 Å². The third kappa shape index (κ3) is 4.58. The molecule has 0 radical (unpaired) electrons. The number of rotatable bonds is 6. The van der Waals surface area contributed by atoms with Crippen LogP contribution < -0.4 is 11.1 Å². The van der Waals surface area contributed by atoms with Gasteiger partial charge in [0.25, 0.3) is 5.91 Å². The number of nitrogens with zero attached hydrogens (tertiary/aromatic N) is 1. The number of unbranched alkanes of at least 4 members (excludes halogenated alkanes) is 1. The summed E-state index contributed by atoms with van der Waals surface area (Å²) in [6.45, 7) is 0.383. The second kappa shape index (κ2) is 6.57. The van der Waals surface area contributed by atoms with Gasteiger partial charge >= 0.3 is 0 Å². The minimum Gasteiger partial charge on any atom is -0.370 e. The highest BCUT2D eigenvalue weighted by molar-refractivity contribution is 5.94. The first-order chi connectivity index (χ1) is 8.11. The average molecular weight is 239 g/mol. The minimum atomic E-state index is -0.651. The van der Waals surface area contributed by atoms with Gasteiger partial charge in [-0.05, 0) is 18.9 Å². The zero-order chi connectivity index (χ0) is 12.7. The Hall–Kier alpha value is -1.98. The van der Waals surface area contributed by atoms with Crippen molar-refractivity contribution in [3.63, 3.8) is 0 Å². The van der Waals surface area contributed by atoms with E-state index in [9.17, 15) is 14.0 Å². The smallest absolute Gasteiger partial charge is 0.254 e. The summed E-state index contributed by atoms with van der Waals surface area (Å²) < 4.78 is 13.1. The molecule has 5 nitrogen and oxygen atoms in total. The first-order valence-electron chi connectivity index (χ1n) is 5.27. The zero-order valence-electron chi connectivity index (χ0n) is 9.28. The number of nitrogens with two attached hydrogens (primary N) is 1. The van der Waals surface area contributed by atoms with Crippen molar-refractivity contribution in [1.29, 1.82) is 0 Å². The molecule has 2 amide bonds. The summed E-state index contributed by atoms with van der Waals surface area (Å²) in [6.07, 6.45) is 3.86. The summed E-state index contributed by atoms with van der Waals surface area (Å²) >= 11 is 0. The molecule has 92 valence electrons. The van der Waals surface area contributed by atoms with Gasteiger partial charge in [-0.2, -0.15) is 0 Å².